The lowest BCUT2D eigenvalue weighted by atomic mass is 10.0. The number of fused-ring (bicyclic) bond motifs is 1. The molecule has 0 aliphatic heterocycles. The number of nitrogens with one attached hydrogen (secondary N) is 2. The van der Waals surface area contributed by atoms with E-state index in [1.165, 1.54) is 16.9 Å². The average Bonchev–Trinajstić information content (AvgIpc) is 3.33. The van der Waals surface area contributed by atoms with Crippen LogP contribution in [0.5, 0.6) is 0 Å². The number of hydrogen-bond donors (Lipinski definition) is 2. The molecule has 0 spiro atoms. The van der Waals surface area contributed by atoms with Crippen LogP contribution in [0, 0.1) is 26.7 Å². The van der Waals surface area contributed by atoms with Gasteiger partial charge in [-0.1, -0.05) is 41.9 Å². The van der Waals surface area contributed by atoms with Gasteiger partial charge in [0.05, 0.1) is 10.2 Å². The van der Waals surface area contributed by atoms with Crippen molar-refractivity contribution in [2.75, 3.05) is 10.6 Å². The quantitative estimate of drug-likeness (QED) is 0.591. The van der Waals surface area contributed by atoms with Crippen LogP contribution in [0.25, 0.3) is 10.2 Å². The average molecular weight is 408 g/mol. The van der Waals surface area contributed by atoms with Crippen molar-refractivity contribution < 1.29 is 9.59 Å². The number of aryl methyl sites for hydroxylation is 3. The molecule has 1 aliphatic rings. The maximum absolute atomic E-state index is 12.8. The standard InChI is InChI=1S/C23H25N3O2S/c1-13-10-14(2)20(15(3)11-13)25-22(28)17-8-9-18-19(12-17)29-23(24-18)26-21(27)16-6-4-5-7-16/h8-12,16H,4-7H2,1-3H3,(H,25,28)(H,24,26,27). The van der Waals surface area contributed by atoms with Crippen molar-refractivity contribution in [1.82, 2.24) is 4.98 Å². The van der Waals surface area contributed by atoms with Gasteiger partial charge in [0, 0.05) is 17.2 Å². The Balaban J connectivity index is 1.52. The molecule has 2 aromatic carbocycles. The third kappa shape index (κ3) is 4.17. The van der Waals surface area contributed by atoms with Crippen LogP contribution in [0.1, 0.15) is 52.7 Å². The molecule has 0 saturated heterocycles. The summed E-state index contributed by atoms with van der Waals surface area (Å²) in [7, 11) is 0. The Hall–Kier alpha value is -2.73. The van der Waals surface area contributed by atoms with Crippen molar-refractivity contribution in [2.45, 2.75) is 46.5 Å². The van der Waals surface area contributed by atoms with Gasteiger partial charge >= 0.3 is 0 Å². The summed E-state index contributed by atoms with van der Waals surface area (Å²) < 4.78 is 0.886. The Labute approximate surface area is 174 Å². The van der Waals surface area contributed by atoms with E-state index in [0.29, 0.717) is 10.7 Å². The van der Waals surface area contributed by atoms with E-state index in [1.807, 2.05) is 32.9 Å². The van der Waals surface area contributed by atoms with E-state index in [9.17, 15) is 9.59 Å². The summed E-state index contributed by atoms with van der Waals surface area (Å²) in [5.41, 5.74) is 5.49. The molecule has 0 radical (unpaired) electrons. The summed E-state index contributed by atoms with van der Waals surface area (Å²) in [6, 6.07) is 9.58. The maximum atomic E-state index is 12.8. The smallest absolute Gasteiger partial charge is 0.255 e. The third-order valence-electron chi connectivity index (χ3n) is 5.52. The lowest BCUT2D eigenvalue weighted by Crippen LogP contribution is -2.19. The number of carbonyl (C=O) groups is 2. The molecule has 4 rings (SSSR count). The number of anilines is 2. The van der Waals surface area contributed by atoms with Crippen LogP contribution in [0.2, 0.25) is 0 Å². The maximum Gasteiger partial charge on any atom is 0.255 e. The molecule has 5 nitrogen and oxygen atoms in total. The number of nitrogens with zero attached hydrogens (tertiary/aromatic N) is 1. The monoisotopic (exact) mass is 407 g/mol. The highest BCUT2D eigenvalue weighted by atomic mass is 32.1. The largest absolute Gasteiger partial charge is 0.322 e. The molecule has 6 heteroatoms. The van der Waals surface area contributed by atoms with Crippen molar-refractivity contribution >= 4 is 44.2 Å². The van der Waals surface area contributed by atoms with Gasteiger partial charge in [-0.3, -0.25) is 9.59 Å². The minimum Gasteiger partial charge on any atom is -0.322 e. The molecule has 0 atom stereocenters. The summed E-state index contributed by atoms with van der Waals surface area (Å²) in [4.78, 5) is 29.7. The van der Waals surface area contributed by atoms with Crippen molar-refractivity contribution in [3.05, 3.63) is 52.6 Å². The van der Waals surface area contributed by atoms with Gasteiger partial charge in [0.2, 0.25) is 5.91 Å². The zero-order valence-corrected chi connectivity index (χ0v) is 17.8. The van der Waals surface area contributed by atoms with Gasteiger partial charge in [-0.25, -0.2) is 4.98 Å². The van der Waals surface area contributed by atoms with Crippen LogP contribution in [0.4, 0.5) is 10.8 Å². The molecule has 2 N–H and O–H groups in total. The van der Waals surface area contributed by atoms with E-state index in [-0.39, 0.29) is 17.7 Å². The number of amides is 2. The topological polar surface area (TPSA) is 71.1 Å². The SMILES string of the molecule is Cc1cc(C)c(NC(=O)c2ccc3nc(NC(=O)C4CCCC4)sc3c2)c(C)c1. The minimum absolute atomic E-state index is 0.0600. The molecule has 1 fully saturated rings. The van der Waals surface area contributed by atoms with E-state index in [0.717, 1.165) is 52.7 Å². The Bertz CT molecular complexity index is 1070. The molecule has 1 saturated carbocycles. The molecule has 29 heavy (non-hydrogen) atoms. The molecule has 2 amide bonds. The number of thiazole rings is 1. The van der Waals surface area contributed by atoms with Crippen LogP contribution in [0.15, 0.2) is 30.3 Å². The van der Waals surface area contributed by atoms with Gasteiger partial charge in [-0.15, -0.1) is 0 Å². The van der Waals surface area contributed by atoms with E-state index >= 15 is 0 Å². The van der Waals surface area contributed by atoms with Crippen molar-refractivity contribution in [3.63, 3.8) is 0 Å². The Kier molecular flexibility index (Phi) is 5.37. The summed E-state index contributed by atoms with van der Waals surface area (Å²) in [5, 5.41) is 6.59. The predicted molar refractivity (Wildman–Crippen MR) is 119 cm³/mol. The van der Waals surface area contributed by atoms with Gasteiger partial charge in [0.1, 0.15) is 0 Å². The molecule has 1 aromatic heterocycles. The van der Waals surface area contributed by atoms with Gasteiger partial charge in [0.15, 0.2) is 5.13 Å². The molecular weight excluding hydrogens is 382 g/mol. The highest BCUT2D eigenvalue weighted by Gasteiger charge is 2.23. The second-order valence-electron chi connectivity index (χ2n) is 7.90. The zero-order chi connectivity index (χ0) is 20.5. The van der Waals surface area contributed by atoms with Crippen molar-refractivity contribution in [2.24, 2.45) is 5.92 Å². The van der Waals surface area contributed by atoms with Crippen molar-refractivity contribution in [1.29, 1.82) is 0 Å². The third-order valence-corrected chi connectivity index (χ3v) is 6.46. The fourth-order valence-electron chi connectivity index (χ4n) is 4.08. The van der Waals surface area contributed by atoms with Gasteiger partial charge < -0.3 is 10.6 Å². The van der Waals surface area contributed by atoms with Gasteiger partial charge in [-0.05, 0) is 62.9 Å². The highest BCUT2D eigenvalue weighted by Crippen LogP contribution is 2.30. The summed E-state index contributed by atoms with van der Waals surface area (Å²) in [6.45, 7) is 6.05. The van der Waals surface area contributed by atoms with Gasteiger partial charge in [0.25, 0.3) is 5.91 Å². The van der Waals surface area contributed by atoms with Crippen LogP contribution in [0.3, 0.4) is 0 Å². The lowest BCUT2D eigenvalue weighted by Gasteiger charge is -2.12. The van der Waals surface area contributed by atoms with Crippen LogP contribution < -0.4 is 10.6 Å². The minimum atomic E-state index is -0.146. The zero-order valence-electron chi connectivity index (χ0n) is 17.0. The van der Waals surface area contributed by atoms with E-state index in [2.05, 4.69) is 27.8 Å². The Morgan fingerprint density at radius 1 is 1.00 bits per heavy atom. The molecule has 3 aromatic rings. The molecule has 1 aliphatic carbocycles. The van der Waals surface area contributed by atoms with Crippen LogP contribution >= 0.6 is 11.3 Å². The first-order valence-corrected chi connectivity index (χ1v) is 10.8. The first-order chi connectivity index (χ1) is 13.9. The first kappa shape index (κ1) is 19.6. The Morgan fingerprint density at radius 2 is 1.69 bits per heavy atom. The lowest BCUT2D eigenvalue weighted by molar-refractivity contribution is -0.119. The van der Waals surface area contributed by atoms with Crippen LogP contribution in [-0.4, -0.2) is 16.8 Å². The van der Waals surface area contributed by atoms with Crippen LogP contribution in [-0.2, 0) is 4.79 Å². The van der Waals surface area contributed by atoms with E-state index in [4.69, 9.17) is 0 Å². The summed E-state index contributed by atoms with van der Waals surface area (Å²) in [6.07, 6.45) is 4.16. The fourth-order valence-corrected chi connectivity index (χ4v) is 4.99. The normalized spacial score (nSPS) is 14.3. The first-order valence-electron chi connectivity index (χ1n) is 10.0. The summed E-state index contributed by atoms with van der Waals surface area (Å²) in [5.74, 6) is 0.0149. The highest BCUT2D eigenvalue weighted by molar-refractivity contribution is 7.22. The molecule has 150 valence electrons. The number of benzene rings is 2. The Morgan fingerprint density at radius 3 is 2.38 bits per heavy atom. The molecule has 1 heterocycles. The molecular formula is C23H25N3O2S. The molecule has 0 bridgehead atoms. The van der Waals surface area contributed by atoms with Crippen molar-refractivity contribution in [3.8, 4) is 0 Å². The number of hydrogen-bond acceptors (Lipinski definition) is 4. The second-order valence-corrected chi connectivity index (χ2v) is 8.93. The molecule has 0 unspecified atom stereocenters. The summed E-state index contributed by atoms with van der Waals surface area (Å²) >= 11 is 1.41. The van der Waals surface area contributed by atoms with Gasteiger partial charge in [-0.2, -0.15) is 0 Å². The second kappa shape index (κ2) is 7.95. The number of aromatic nitrogens is 1. The predicted octanol–water partition coefficient (Wildman–Crippen LogP) is 5.60. The van der Waals surface area contributed by atoms with E-state index < -0.39 is 0 Å². The number of rotatable bonds is 4. The fraction of sp³-hybridized carbons (Fsp3) is 0.348. The number of carbonyl (C=O) groups excluding carboxylic acids is 2. The van der Waals surface area contributed by atoms with E-state index in [1.54, 1.807) is 6.07 Å².